The number of pyridine rings is 1. The van der Waals surface area contributed by atoms with Crippen LogP contribution in [0.15, 0.2) is 18.3 Å². The Hall–Kier alpha value is -1.49. The first-order valence-corrected chi connectivity index (χ1v) is 5.98. The number of carbonyl (C=O) groups excluding carboxylic acids is 1. The quantitative estimate of drug-likeness (QED) is 0.807. The van der Waals surface area contributed by atoms with E-state index in [1.54, 1.807) is 24.1 Å². The van der Waals surface area contributed by atoms with E-state index in [0.717, 1.165) is 19.4 Å². The first-order chi connectivity index (χ1) is 8.06. The Labute approximate surface area is 107 Å². The van der Waals surface area contributed by atoms with Gasteiger partial charge in [-0.3, -0.25) is 9.78 Å². The molecular formula is C12H17N3OS. The summed E-state index contributed by atoms with van der Waals surface area (Å²) in [6.45, 7) is 2.83. The third kappa shape index (κ3) is 3.78. The maximum atomic E-state index is 11.9. The number of unbranched alkanes of at least 4 members (excludes halogenated alkanes) is 1. The van der Waals surface area contributed by atoms with Crippen molar-refractivity contribution in [2.75, 3.05) is 13.6 Å². The van der Waals surface area contributed by atoms with Gasteiger partial charge in [0.25, 0.3) is 5.91 Å². The van der Waals surface area contributed by atoms with E-state index in [0.29, 0.717) is 11.3 Å². The summed E-state index contributed by atoms with van der Waals surface area (Å²) in [6, 6.07) is 3.37. The number of nitrogens with two attached hydrogens (primary N) is 1. The summed E-state index contributed by atoms with van der Waals surface area (Å²) in [6.07, 6.45) is 3.59. The summed E-state index contributed by atoms with van der Waals surface area (Å²) in [7, 11) is 1.78. The number of aromatic nitrogens is 1. The smallest absolute Gasteiger partial charge is 0.272 e. The largest absolute Gasteiger partial charge is 0.389 e. The molecule has 0 unspecified atom stereocenters. The second-order valence-corrected chi connectivity index (χ2v) is 4.32. The molecule has 0 bridgehead atoms. The highest BCUT2D eigenvalue weighted by Crippen LogP contribution is 2.04. The van der Waals surface area contributed by atoms with Crippen molar-refractivity contribution in [2.45, 2.75) is 19.8 Å². The number of rotatable bonds is 5. The van der Waals surface area contributed by atoms with Gasteiger partial charge in [-0.1, -0.05) is 25.6 Å². The van der Waals surface area contributed by atoms with Crippen LogP contribution in [0, 0.1) is 0 Å². The molecule has 4 nitrogen and oxygen atoms in total. The Morgan fingerprint density at radius 2 is 2.24 bits per heavy atom. The van der Waals surface area contributed by atoms with Crippen LogP contribution in [0.5, 0.6) is 0 Å². The molecule has 0 aliphatic carbocycles. The Balaban J connectivity index is 2.72. The highest BCUT2D eigenvalue weighted by atomic mass is 32.1. The summed E-state index contributed by atoms with van der Waals surface area (Å²) in [5, 5.41) is 0. The fourth-order valence-electron chi connectivity index (χ4n) is 1.36. The van der Waals surface area contributed by atoms with Gasteiger partial charge in [-0.05, 0) is 18.6 Å². The van der Waals surface area contributed by atoms with Crippen LogP contribution in [-0.2, 0) is 0 Å². The fourth-order valence-corrected chi connectivity index (χ4v) is 1.48. The molecular weight excluding hydrogens is 234 g/mol. The van der Waals surface area contributed by atoms with Gasteiger partial charge in [0.05, 0.1) is 0 Å². The van der Waals surface area contributed by atoms with Crippen LogP contribution >= 0.6 is 12.2 Å². The van der Waals surface area contributed by atoms with E-state index in [1.165, 1.54) is 6.20 Å². The lowest BCUT2D eigenvalue weighted by Crippen LogP contribution is -2.28. The molecule has 0 radical (unpaired) electrons. The van der Waals surface area contributed by atoms with E-state index >= 15 is 0 Å². The molecule has 1 rings (SSSR count). The molecule has 0 saturated carbocycles. The zero-order valence-electron chi connectivity index (χ0n) is 10.1. The maximum Gasteiger partial charge on any atom is 0.272 e. The van der Waals surface area contributed by atoms with E-state index in [1.807, 2.05) is 0 Å². The van der Waals surface area contributed by atoms with Gasteiger partial charge in [0.15, 0.2) is 0 Å². The van der Waals surface area contributed by atoms with Crippen LogP contribution in [0.4, 0.5) is 0 Å². The molecule has 1 aromatic rings. The second kappa shape index (κ2) is 6.30. The van der Waals surface area contributed by atoms with E-state index in [9.17, 15) is 4.79 Å². The van der Waals surface area contributed by atoms with Gasteiger partial charge < -0.3 is 10.6 Å². The number of thiocarbonyl (C=S) groups is 1. The van der Waals surface area contributed by atoms with Crippen molar-refractivity contribution in [3.8, 4) is 0 Å². The molecule has 5 heteroatoms. The zero-order valence-corrected chi connectivity index (χ0v) is 11.0. The predicted molar refractivity (Wildman–Crippen MR) is 72.0 cm³/mol. The van der Waals surface area contributed by atoms with E-state index in [-0.39, 0.29) is 10.9 Å². The molecule has 0 aromatic carbocycles. The minimum Gasteiger partial charge on any atom is -0.389 e. The standard InChI is InChI=1S/C12H17N3OS/c1-3-4-7-15(2)12(16)10-6-5-9(8-14-10)11(13)17/h5-6,8H,3-4,7H2,1-2H3,(H2,13,17). The van der Waals surface area contributed by atoms with Crippen LogP contribution in [0.25, 0.3) is 0 Å². The number of carbonyl (C=O) groups is 1. The van der Waals surface area contributed by atoms with E-state index < -0.39 is 0 Å². The van der Waals surface area contributed by atoms with Crippen molar-refractivity contribution in [3.05, 3.63) is 29.6 Å². The third-order valence-corrected chi connectivity index (χ3v) is 2.70. The van der Waals surface area contributed by atoms with Crippen LogP contribution in [0.3, 0.4) is 0 Å². The van der Waals surface area contributed by atoms with Crippen molar-refractivity contribution < 1.29 is 4.79 Å². The lowest BCUT2D eigenvalue weighted by molar-refractivity contribution is 0.0787. The average molecular weight is 251 g/mol. The summed E-state index contributed by atoms with van der Waals surface area (Å²) in [5.74, 6) is -0.0760. The highest BCUT2D eigenvalue weighted by molar-refractivity contribution is 7.80. The summed E-state index contributed by atoms with van der Waals surface area (Å²) in [4.78, 5) is 18.0. The highest BCUT2D eigenvalue weighted by Gasteiger charge is 2.12. The third-order valence-electron chi connectivity index (χ3n) is 2.46. The van der Waals surface area contributed by atoms with Crippen molar-refractivity contribution in [1.29, 1.82) is 0 Å². The Morgan fingerprint density at radius 3 is 2.71 bits per heavy atom. The Kier molecular flexibility index (Phi) is 5.03. The number of hydrogen-bond acceptors (Lipinski definition) is 3. The van der Waals surface area contributed by atoms with Crippen LogP contribution < -0.4 is 5.73 Å². The monoisotopic (exact) mass is 251 g/mol. The molecule has 0 atom stereocenters. The fraction of sp³-hybridized carbons (Fsp3) is 0.417. The van der Waals surface area contributed by atoms with Crippen molar-refractivity contribution >= 4 is 23.1 Å². The molecule has 0 aliphatic heterocycles. The van der Waals surface area contributed by atoms with Crippen LogP contribution in [0.2, 0.25) is 0 Å². The van der Waals surface area contributed by atoms with Gasteiger partial charge in [0, 0.05) is 25.4 Å². The molecule has 0 fully saturated rings. The van der Waals surface area contributed by atoms with Crippen LogP contribution in [-0.4, -0.2) is 34.4 Å². The first-order valence-electron chi connectivity index (χ1n) is 5.57. The topological polar surface area (TPSA) is 59.2 Å². The molecule has 1 heterocycles. The molecule has 92 valence electrons. The van der Waals surface area contributed by atoms with Crippen molar-refractivity contribution in [2.24, 2.45) is 5.73 Å². The van der Waals surface area contributed by atoms with Gasteiger partial charge in [-0.25, -0.2) is 0 Å². The SMILES string of the molecule is CCCCN(C)C(=O)c1ccc(C(N)=S)cn1. The summed E-state index contributed by atoms with van der Waals surface area (Å²) < 4.78 is 0. The van der Waals surface area contributed by atoms with Gasteiger partial charge in [-0.15, -0.1) is 0 Å². The van der Waals surface area contributed by atoms with Crippen LogP contribution in [0.1, 0.15) is 35.8 Å². The normalized spacial score (nSPS) is 10.0. The van der Waals surface area contributed by atoms with Gasteiger partial charge in [-0.2, -0.15) is 0 Å². The lowest BCUT2D eigenvalue weighted by Gasteiger charge is -2.16. The average Bonchev–Trinajstić information content (AvgIpc) is 2.35. The lowest BCUT2D eigenvalue weighted by atomic mass is 10.2. The summed E-state index contributed by atoms with van der Waals surface area (Å²) in [5.41, 5.74) is 6.56. The van der Waals surface area contributed by atoms with Gasteiger partial charge in [0.2, 0.25) is 0 Å². The number of amides is 1. The molecule has 1 amide bonds. The zero-order chi connectivity index (χ0) is 12.8. The minimum atomic E-state index is -0.0760. The van der Waals surface area contributed by atoms with Crippen molar-refractivity contribution in [1.82, 2.24) is 9.88 Å². The molecule has 17 heavy (non-hydrogen) atoms. The van der Waals surface area contributed by atoms with E-state index in [2.05, 4.69) is 11.9 Å². The molecule has 0 spiro atoms. The van der Waals surface area contributed by atoms with Gasteiger partial charge in [0.1, 0.15) is 10.7 Å². The Bertz CT molecular complexity index is 403. The predicted octanol–water partition coefficient (Wildman–Crippen LogP) is 1.59. The molecule has 0 aliphatic rings. The minimum absolute atomic E-state index is 0.0760. The van der Waals surface area contributed by atoms with Crippen molar-refractivity contribution in [3.63, 3.8) is 0 Å². The first kappa shape index (κ1) is 13.6. The van der Waals surface area contributed by atoms with E-state index in [4.69, 9.17) is 18.0 Å². The second-order valence-electron chi connectivity index (χ2n) is 3.88. The number of nitrogens with zero attached hydrogens (tertiary/aromatic N) is 2. The Morgan fingerprint density at radius 1 is 1.53 bits per heavy atom. The van der Waals surface area contributed by atoms with Gasteiger partial charge >= 0.3 is 0 Å². The molecule has 0 saturated heterocycles. The molecule has 2 N–H and O–H groups in total. The number of hydrogen-bond donors (Lipinski definition) is 1. The molecule has 1 aromatic heterocycles. The maximum absolute atomic E-state index is 11.9. The summed E-state index contributed by atoms with van der Waals surface area (Å²) >= 11 is 4.82.